The number of hydrogen-bond donors (Lipinski definition) is 0. The number of ether oxygens (including phenoxy) is 3. The lowest BCUT2D eigenvalue weighted by Gasteiger charge is -2.18. The molecule has 1 atom stereocenters. The van der Waals surface area contributed by atoms with E-state index in [0.29, 0.717) is 19.3 Å². The summed E-state index contributed by atoms with van der Waals surface area (Å²) in [7, 11) is 0. The molecule has 0 aromatic carbocycles. The normalized spacial score (nSPS) is 11.9. The number of carbonyl (C=O) groups excluding carboxylic acids is 3. The number of esters is 3. The van der Waals surface area contributed by atoms with Gasteiger partial charge in [0.1, 0.15) is 13.2 Å². The third-order valence-electron chi connectivity index (χ3n) is 18.1. The minimum Gasteiger partial charge on any atom is -0.462 e. The molecule has 0 fully saturated rings. The SMILES string of the molecule is CCCCCCCCCCCCCCCCCCCCCCCCCCCCCCCCCCCCC(=O)OCC(COC(=O)CCCCCCCCC)OC(=O)CCCCCCCCCCCCCCCCCCCCCCCCCC. The summed E-state index contributed by atoms with van der Waals surface area (Å²) in [4.78, 5) is 38.2. The van der Waals surface area contributed by atoms with Crippen molar-refractivity contribution in [2.24, 2.45) is 0 Å². The minimum atomic E-state index is -0.762. The Hall–Kier alpha value is -1.59. The zero-order valence-electron chi connectivity index (χ0n) is 57.0. The number of rotatable bonds is 73. The highest BCUT2D eigenvalue weighted by Gasteiger charge is 2.20. The van der Waals surface area contributed by atoms with Crippen LogP contribution in [-0.4, -0.2) is 37.2 Å². The van der Waals surface area contributed by atoms with Gasteiger partial charge in [-0.15, -0.1) is 0 Å². The summed E-state index contributed by atoms with van der Waals surface area (Å²) in [5.74, 6) is -0.830. The number of carbonyl (C=O) groups is 3. The van der Waals surface area contributed by atoms with Gasteiger partial charge in [0.2, 0.25) is 0 Å². The largest absolute Gasteiger partial charge is 0.462 e. The Morgan fingerprint density at radius 1 is 0.193 bits per heavy atom. The van der Waals surface area contributed by atoms with Crippen LogP contribution in [0.2, 0.25) is 0 Å². The maximum absolute atomic E-state index is 12.9. The summed E-state index contributed by atoms with van der Waals surface area (Å²) in [6.07, 6.45) is 87.8. The molecule has 0 aliphatic rings. The Bertz CT molecular complexity index is 1250. The molecule has 0 aromatic rings. The maximum Gasteiger partial charge on any atom is 0.306 e. The van der Waals surface area contributed by atoms with Gasteiger partial charge in [-0.25, -0.2) is 0 Å². The highest BCUT2D eigenvalue weighted by Crippen LogP contribution is 2.20. The molecule has 6 heteroatoms. The lowest BCUT2D eigenvalue weighted by Crippen LogP contribution is -2.30. The van der Waals surface area contributed by atoms with Gasteiger partial charge in [0, 0.05) is 19.3 Å². The molecule has 6 nitrogen and oxygen atoms in total. The summed E-state index contributed by atoms with van der Waals surface area (Å²) in [5, 5.41) is 0. The summed E-state index contributed by atoms with van der Waals surface area (Å²) >= 11 is 0. The first-order chi connectivity index (χ1) is 41.0. The van der Waals surface area contributed by atoms with E-state index in [4.69, 9.17) is 14.2 Å². The van der Waals surface area contributed by atoms with Crippen LogP contribution < -0.4 is 0 Å². The van der Waals surface area contributed by atoms with Crippen LogP contribution in [0.25, 0.3) is 0 Å². The van der Waals surface area contributed by atoms with Gasteiger partial charge in [-0.3, -0.25) is 14.4 Å². The van der Waals surface area contributed by atoms with Crippen molar-refractivity contribution in [3.8, 4) is 0 Å². The average Bonchev–Trinajstić information content (AvgIpc) is 3.49. The molecule has 0 rings (SSSR count). The Balaban J connectivity index is 3.91. The van der Waals surface area contributed by atoms with Gasteiger partial charge in [0.05, 0.1) is 0 Å². The van der Waals surface area contributed by atoms with Crippen LogP contribution in [0.15, 0.2) is 0 Å². The predicted molar refractivity (Wildman–Crippen MR) is 363 cm³/mol. The van der Waals surface area contributed by atoms with Crippen molar-refractivity contribution in [2.45, 2.75) is 463 Å². The lowest BCUT2D eigenvalue weighted by molar-refractivity contribution is -0.167. The zero-order valence-corrected chi connectivity index (χ0v) is 57.0. The van der Waals surface area contributed by atoms with Crippen molar-refractivity contribution in [1.29, 1.82) is 0 Å². The minimum absolute atomic E-state index is 0.0611. The van der Waals surface area contributed by atoms with Gasteiger partial charge in [-0.1, -0.05) is 419 Å². The maximum atomic E-state index is 12.9. The third kappa shape index (κ3) is 71.1. The molecule has 0 aromatic heterocycles. The second-order valence-electron chi connectivity index (χ2n) is 26.6. The van der Waals surface area contributed by atoms with Gasteiger partial charge < -0.3 is 14.2 Å². The van der Waals surface area contributed by atoms with E-state index in [1.54, 1.807) is 0 Å². The first-order valence-corrected chi connectivity index (χ1v) is 38.5. The molecule has 0 radical (unpaired) electrons. The van der Waals surface area contributed by atoms with Crippen molar-refractivity contribution in [3.63, 3.8) is 0 Å². The topological polar surface area (TPSA) is 78.9 Å². The van der Waals surface area contributed by atoms with E-state index < -0.39 is 6.10 Å². The van der Waals surface area contributed by atoms with Crippen LogP contribution in [0.3, 0.4) is 0 Å². The van der Waals surface area contributed by atoms with Crippen molar-refractivity contribution in [3.05, 3.63) is 0 Å². The van der Waals surface area contributed by atoms with Crippen LogP contribution in [0.5, 0.6) is 0 Å². The van der Waals surface area contributed by atoms with Gasteiger partial charge >= 0.3 is 17.9 Å². The molecular weight excluding hydrogens is 1020 g/mol. The van der Waals surface area contributed by atoms with Crippen molar-refractivity contribution in [1.82, 2.24) is 0 Å². The standard InChI is InChI=1S/C77H150O6/c1-4-7-10-13-16-18-20-22-24-26-28-30-32-34-35-36-37-38-39-40-41-42-43-45-46-48-50-52-54-56-58-61-64-67-70-76(79)82-73-74(72-81-75(78)69-66-63-60-15-12-9-6-3)83-77(80)71-68-65-62-59-57-55-53-51-49-47-44-33-31-29-27-25-23-21-19-17-14-11-8-5-2/h74H,4-73H2,1-3H3. The quantitative estimate of drug-likeness (QED) is 0.0343. The van der Waals surface area contributed by atoms with Gasteiger partial charge in [-0.2, -0.15) is 0 Å². The third-order valence-corrected chi connectivity index (χ3v) is 18.1. The fourth-order valence-electron chi connectivity index (χ4n) is 12.3. The van der Waals surface area contributed by atoms with E-state index in [-0.39, 0.29) is 31.1 Å². The van der Waals surface area contributed by atoms with Crippen LogP contribution in [0, 0.1) is 0 Å². The Morgan fingerprint density at radius 3 is 0.482 bits per heavy atom. The zero-order chi connectivity index (χ0) is 59.9. The van der Waals surface area contributed by atoms with Crippen LogP contribution in [0.4, 0.5) is 0 Å². The highest BCUT2D eigenvalue weighted by atomic mass is 16.6. The average molecular weight is 1170 g/mol. The fourth-order valence-corrected chi connectivity index (χ4v) is 12.3. The molecule has 0 saturated carbocycles. The van der Waals surface area contributed by atoms with Crippen molar-refractivity contribution < 1.29 is 28.6 Å². The van der Waals surface area contributed by atoms with E-state index in [1.165, 1.54) is 360 Å². The second-order valence-corrected chi connectivity index (χ2v) is 26.6. The van der Waals surface area contributed by atoms with Crippen molar-refractivity contribution in [2.75, 3.05) is 13.2 Å². The first-order valence-electron chi connectivity index (χ1n) is 38.5. The molecule has 0 bridgehead atoms. The van der Waals surface area contributed by atoms with E-state index in [1.807, 2.05) is 0 Å². The van der Waals surface area contributed by atoms with Crippen LogP contribution in [0.1, 0.15) is 457 Å². The monoisotopic (exact) mass is 1170 g/mol. The van der Waals surface area contributed by atoms with E-state index in [2.05, 4.69) is 20.8 Å². The Kier molecular flexibility index (Phi) is 71.5. The van der Waals surface area contributed by atoms with Gasteiger partial charge in [0.25, 0.3) is 0 Å². The predicted octanol–water partition coefficient (Wildman–Crippen LogP) is 26.6. The number of hydrogen-bond acceptors (Lipinski definition) is 6. The molecule has 0 N–H and O–H groups in total. The molecule has 1 unspecified atom stereocenters. The summed E-state index contributed by atoms with van der Waals surface area (Å²) in [6, 6.07) is 0. The van der Waals surface area contributed by atoms with E-state index in [0.717, 1.165) is 57.8 Å². The molecule has 0 spiro atoms. The van der Waals surface area contributed by atoms with Crippen LogP contribution in [-0.2, 0) is 28.6 Å². The van der Waals surface area contributed by atoms with Crippen LogP contribution >= 0.6 is 0 Å². The van der Waals surface area contributed by atoms with E-state index in [9.17, 15) is 14.4 Å². The second kappa shape index (κ2) is 72.9. The number of unbranched alkanes of at least 4 members (excludes halogenated alkanes) is 62. The molecule has 0 heterocycles. The lowest BCUT2D eigenvalue weighted by atomic mass is 10.0. The molecule has 0 aliphatic heterocycles. The molecular formula is C77H150O6. The summed E-state index contributed by atoms with van der Waals surface area (Å²) in [6.45, 7) is 6.70. The first kappa shape index (κ1) is 81.4. The fraction of sp³-hybridized carbons (Fsp3) is 0.961. The highest BCUT2D eigenvalue weighted by molar-refractivity contribution is 5.71. The van der Waals surface area contributed by atoms with Crippen molar-refractivity contribution >= 4 is 17.9 Å². The molecule has 0 saturated heterocycles. The van der Waals surface area contributed by atoms with E-state index >= 15 is 0 Å². The summed E-state index contributed by atoms with van der Waals surface area (Å²) in [5.41, 5.74) is 0. The summed E-state index contributed by atoms with van der Waals surface area (Å²) < 4.78 is 16.9. The Labute approximate surface area is 520 Å². The molecule has 494 valence electrons. The molecule has 0 aliphatic carbocycles. The molecule has 83 heavy (non-hydrogen) atoms. The Morgan fingerprint density at radius 2 is 0.325 bits per heavy atom. The van der Waals surface area contributed by atoms with Gasteiger partial charge in [-0.05, 0) is 19.3 Å². The smallest absolute Gasteiger partial charge is 0.306 e. The molecule has 0 amide bonds. The van der Waals surface area contributed by atoms with Gasteiger partial charge in [0.15, 0.2) is 6.10 Å².